The van der Waals surface area contributed by atoms with Crippen molar-refractivity contribution in [1.29, 1.82) is 0 Å². The molecule has 27 heavy (non-hydrogen) atoms. The monoisotopic (exact) mass is 370 g/mol. The van der Waals surface area contributed by atoms with E-state index in [9.17, 15) is 19.1 Å². The van der Waals surface area contributed by atoms with E-state index in [0.29, 0.717) is 11.3 Å². The van der Waals surface area contributed by atoms with Crippen LogP contribution in [0.1, 0.15) is 54.1 Å². The minimum absolute atomic E-state index is 0.125. The van der Waals surface area contributed by atoms with Gasteiger partial charge in [-0.1, -0.05) is 18.2 Å². The highest BCUT2D eigenvalue weighted by molar-refractivity contribution is 5.94. The predicted octanol–water partition coefficient (Wildman–Crippen LogP) is 2.76. The van der Waals surface area contributed by atoms with Crippen LogP contribution in [0.5, 0.6) is 5.75 Å². The molecule has 6 heteroatoms. The number of benzene rings is 2. The predicted molar refractivity (Wildman–Crippen MR) is 95.6 cm³/mol. The third-order valence-corrected chi connectivity index (χ3v) is 4.65. The fourth-order valence-corrected chi connectivity index (χ4v) is 3.27. The summed E-state index contributed by atoms with van der Waals surface area (Å²) in [5.41, 5.74) is 0.738. The standard InChI is InChI=1S/C21H22FNO4/c22-16-5-3-4-15(12-16)21(26)23-19(13-20(24)25)14-8-10-18(11-9-14)27-17-6-1-2-7-17/h3-5,8-12,17,19H,1-2,6-7,13H2,(H,23,26)(H,24,25)/p-1/t19-/m1/s1. The Balaban J connectivity index is 1.71. The minimum Gasteiger partial charge on any atom is -0.550 e. The zero-order chi connectivity index (χ0) is 19.2. The van der Waals surface area contributed by atoms with E-state index in [1.807, 2.05) is 0 Å². The van der Waals surface area contributed by atoms with Gasteiger partial charge in [0.1, 0.15) is 11.6 Å². The molecule has 142 valence electrons. The SMILES string of the molecule is O=C([O-])C[C@@H](NC(=O)c1cccc(F)c1)c1ccc(OC2CCCC2)cc1. The van der Waals surface area contributed by atoms with Crippen molar-refractivity contribution in [3.05, 3.63) is 65.5 Å². The number of halogens is 1. The van der Waals surface area contributed by atoms with Crippen LogP contribution in [0.25, 0.3) is 0 Å². The molecule has 0 unspecified atom stereocenters. The average Bonchev–Trinajstić information content (AvgIpc) is 3.14. The lowest BCUT2D eigenvalue weighted by atomic mass is 10.0. The molecule has 1 atom stereocenters. The van der Waals surface area contributed by atoms with Crippen LogP contribution in [-0.4, -0.2) is 18.0 Å². The van der Waals surface area contributed by atoms with Crippen LogP contribution in [0.15, 0.2) is 48.5 Å². The van der Waals surface area contributed by atoms with Crippen molar-refractivity contribution in [3.63, 3.8) is 0 Å². The molecular formula is C21H21FNO4-. The summed E-state index contributed by atoms with van der Waals surface area (Å²) < 4.78 is 19.2. The molecule has 1 fully saturated rings. The second kappa shape index (κ2) is 8.66. The van der Waals surface area contributed by atoms with Gasteiger partial charge in [0.2, 0.25) is 0 Å². The van der Waals surface area contributed by atoms with E-state index >= 15 is 0 Å². The number of carboxylic acids is 1. The molecule has 2 aromatic carbocycles. The zero-order valence-corrected chi connectivity index (χ0v) is 14.8. The number of amides is 1. The second-order valence-electron chi connectivity index (χ2n) is 6.71. The van der Waals surface area contributed by atoms with E-state index in [1.54, 1.807) is 24.3 Å². The molecule has 1 N–H and O–H groups in total. The van der Waals surface area contributed by atoms with Gasteiger partial charge in [0.15, 0.2) is 0 Å². The van der Waals surface area contributed by atoms with Gasteiger partial charge < -0.3 is 20.0 Å². The van der Waals surface area contributed by atoms with Crippen molar-refractivity contribution in [3.8, 4) is 5.75 Å². The van der Waals surface area contributed by atoms with Crippen LogP contribution in [0.2, 0.25) is 0 Å². The van der Waals surface area contributed by atoms with E-state index in [1.165, 1.54) is 31.0 Å². The van der Waals surface area contributed by atoms with Gasteiger partial charge in [-0.25, -0.2) is 4.39 Å². The first-order valence-electron chi connectivity index (χ1n) is 9.04. The smallest absolute Gasteiger partial charge is 0.251 e. The third-order valence-electron chi connectivity index (χ3n) is 4.65. The van der Waals surface area contributed by atoms with Gasteiger partial charge in [0, 0.05) is 18.0 Å². The van der Waals surface area contributed by atoms with Crippen molar-refractivity contribution < 1.29 is 23.8 Å². The summed E-state index contributed by atoms with van der Waals surface area (Å²) in [6.45, 7) is 0. The van der Waals surface area contributed by atoms with E-state index in [-0.39, 0.29) is 18.1 Å². The van der Waals surface area contributed by atoms with Gasteiger partial charge in [-0.2, -0.15) is 0 Å². The van der Waals surface area contributed by atoms with E-state index < -0.39 is 23.7 Å². The molecule has 0 aliphatic heterocycles. The van der Waals surface area contributed by atoms with Crippen molar-refractivity contribution in [2.45, 2.75) is 44.2 Å². The number of hydrogen-bond acceptors (Lipinski definition) is 4. The van der Waals surface area contributed by atoms with E-state index in [4.69, 9.17) is 4.74 Å². The molecule has 0 heterocycles. The van der Waals surface area contributed by atoms with Gasteiger partial charge in [-0.05, 0) is 61.6 Å². The van der Waals surface area contributed by atoms with Crippen molar-refractivity contribution >= 4 is 11.9 Å². The summed E-state index contributed by atoms with van der Waals surface area (Å²) in [7, 11) is 0. The summed E-state index contributed by atoms with van der Waals surface area (Å²) >= 11 is 0. The second-order valence-corrected chi connectivity index (χ2v) is 6.71. The van der Waals surface area contributed by atoms with Gasteiger partial charge in [-0.15, -0.1) is 0 Å². The number of ether oxygens (including phenoxy) is 1. The molecular weight excluding hydrogens is 349 g/mol. The fourth-order valence-electron chi connectivity index (χ4n) is 3.27. The van der Waals surface area contributed by atoms with E-state index in [0.717, 1.165) is 18.9 Å². The molecule has 0 aromatic heterocycles. The first-order chi connectivity index (χ1) is 13.0. The molecule has 0 spiro atoms. The number of carbonyl (C=O) groups excluding carboxylic acids is 2. The topological polar surface area (TPSA) is 78.5 Å². The maximum absolute atomic E-state index is 13.3. The maximum Gasteiger partial charge on any atom is 0.251 e. The summed E-state index contributed by atoms with van der Waals surface area (Å²) in [6, 6.07) is 11.4. The lowest BCUT2D eigenvalue weighted by Crippen LogP contribution is -2.34. The number of carbonyl (C=O) groups is 2. The van der Waals surface area contributed by atoms with Crippen LogP contribution in [-0.2, 0) is 4.79 Å². The maximum atomic E-state index is 13.3. The van der Waals surface area contributed by atoms with Crippen LogP contribution in [0.4, 0.5) is 4.39 Å². The largest absolute Gasteiger partial charge is 0.550 e. The highest BCUT2D eigenvalue weighted by Crippen LogP contribution is 2.26. The molecule has 0 radical (unpaired) electrons. The molecule has 2 aromatic rings. The molecule has 1 aliphatic carbocycles. The normalized spacial score (nSPS) is 15.3. The molecule has 3 rings (SSSR count). The highest BCUT2D eigenvalue weighted by Gasteiger charge is 2.19. The lowest BCUT2D eigenvalue weighted by Gasteiger charge is -2.21. The Hall–Kier alpha value is -2.89. The Morgan fingerprint density at radius 2 is 1.85 bits per heavy atom. The summed E-state index contributed by atoms with van der Waals surface area (Å²) in [5.74, 6) is -1.65. The Bertz CT molecular complexity index is 800. The van der Waals surface area contributed by atoms with Crippen LogP contribution >= 0.6 is 0 Å². The van der Waals surface area contributed by atoms with E-state index in [2.05, 4.69) is 5.32 Å². The Kier molecular flexibility index (Phi) is 6.06. The number of nitrogens with one attached hydrogen (secondary N) is 1. The van der Waals surface area contributed by atoms with Gasteiger partial charge in [0.25, 0.3) is 5.91 Å². The van der Waals surface area contributed by atoms with Gasteiger partial charge >= 0.3 is 0 Å². The summed E-state index contributed by atoms with van der Waals surface area (Å²) in [4.78, 5) is 23.4. The van der Waals surface area contributed by atoms with Crippen molar-refractivity contribution in [1.82, 2.24) is 5.32 Å². The summed E-state index contributed by atoms with van der Waals surface area (Å²) in [5, 5.41) is 13.7. The highest BCUT2D eigenvalue weighted by atomic mass is 19.1. The quantitative estimate of drug-likeness (QED) is 0.813. The first kappa shape index (κ1) is 18.9. The minimum atomic E-state index is -1.29. The Morgan fingerprint density at radius 3 is 2.48 bits per heavy atom. The molecule has 1 amide bonds. The fraction of sp³-hybridized carbons (Fsp3) is 0.333. The van der Waals surface area contributed by atoms with Crippen LogP contribution < -0.4 is 15.2 Å². The molecule has 1 saturated carbocycles. The molecule has 0 saturated heterocycles. The van der Waals surface area contributed by atoms with Crippen molar-refractivity contribution in [2.24, 2.45) is 0 Å². The molecule has 0 bridgehead atoms. The Morgan fingerprint density at radius 1 is 1.15 bits per heavy atom. The van der Waals surface area contributed by atoms with Gasteiger partial charge in [0.05, 0.1) is 12.1 Å². The number of rotatable bonds is 7. The lowest BCUT2D eigenvalue weighted by molar-refractivity contribution is -0.306. The first-order valence-corrected chi connectivity index (χ1v) is 9.04. The summed E-state index contributed by atoms with van der Waals surface area (Å²) in [6.07, 6.45) is 4.26. The van der Waals surface area contributed by atoms with Crippen LogP contribution in [0.3, 0.4) is 0 Å². The van der Waals surface area contributed by atoms with Crippen molar-refractivity contribution in [2.75, 3.05) is 0 Å². The molecule has 1 aliphatic rings. The zero-order valence-electron chi connectivity index (χ0n) is 14.8. The average molecular weight is 370 g/mol. The third kappa shape index (κ3) is 5.29. The molecule has 5 nitrogen and oxygen atoms in total. The Labute approximate surface area is 157 Å². The van der Waals surface area contributed by atoms with Crippen LogP contribution in [0, 0.1) is 5.82 Å². The number of carboxylic acid groups (broad SMARTS) is 1. The number of aliphatic carboxylic acids is 1. The number of hydrogen-bond donors (Lipinski definition) is 1. The van der Waals surface area contributed by atoms with Gasteiger partial charge in [-0.3, -0.25) is 4.79 Å².